The van der Waals surface area contributed by atoms with Gasteiger partial charge in [0.05, 0.1) is 24.7 Å². The van der Waals surface area contributed by atoms with E-state index >= 15 is 8.78 Å². The third-order valence-corrected chi connectivity index (χ3v) is 8.67. The van der Waals surface area contributed by atoms with Crippen LogP contribution in [-0.2, 0) is 13.1 Å². The fourth-order valence-corrected chi connectivity index (χ4v) is 6.46. The highest BCUT2D eigenvalue weighted by Crippen LogP contribution is 2.46. The molecule has 1 saturated carbocycles. The van der Waals surface area contributed by atoms with Crippen LogP contribution in [0.5, 0.6) is 5.75 Å². The van der Waals surface area contributed by atoms with Gasteiger partial charge in [0.2, 0.25) is 5.43 Å². The highest BCUT2D eigenvalue weighted by Gasteiger charge is 2.42. The first-order valence-corrected chi connectivity index (χ1v) is 14.6. The third-order valence-electron chi connectivity index (χ3n) is 8.67. The molecule has 1 unspecified atom stereocenters. The molecule has 2 aliphatic rings. The zero-order chi connectivity index (χ0) is 30.1. The van der Waals surface area contributed by atoms with Crippen LogP contribution < -0.4 is 15.1 Å². The first kappa shape index (κ1) is 28.9. The Morgan fingerprint density at radius 3 is 2.23 bits per heavy atom. The monoisotopic (exact) mass is 587 g/mol. The van der Waals surface area contributed by atoms with E-state index in [4.69, 9.17) is 4.74 Å². The van der Waals surface area contributed by atoms with Gasteiger partial charge in [0.25, 0.3) is 0 Å². The number of pyridine rings is 1. The predicted octanol–water partition coefficient (Wildman–Crippen LogP) is 6.05. The van der Waals surface area contributed by atoms with Crippen LogP contribution in [-0.4, -0.2) is 54.0 Å². The fraction of sp³-hybridized carbons (Fsp3) is 0.353. The van der Waals surface area contributed by atoms with Crippen molar-refractivity contribution in [3.8, 4) is 5.75 Å². The second-order valence-electron chi connectivity index (χ2n) is 11.9. The minimum absolute atomic E-state index is 0.00135. The molecule has 0 spiro atoms. The van der Waals surface area contributed by atoms with E-state index in [0.29, 0.717) is 38.1 Å². The number of aromatic carboxylic acids is 1. The van der Waals surface area contributed by atoms with Crippen molar-refractivity contribution in [3.05, 3.63) is 106 Å². The van der Waals surface area contributed by atoms with E-state index in [9.17, 15) is 14.7 Å². The average Bonchev–Trinajstić information content (AvgIpc) is 3.77. The summed E-state index contributed by atoms with van der Waals surface area (Å²) in [7, 11) is 1.42. The van der Waals surface area contributed by atoms with Gasteiger partial charge >= 0.3 is 5.97 Å². The van der Waals surface area contributed by atoms with Gasteiger partial charge < -0.3 is 19.3 Å². The van der Waals surface area contributed by atoms with Gasteiger partial charge in [-0.25, -0.2) is 9.18 Å². The lowest BCUT2D eigenvalue weighted by molar-refractivity contribution is 0.0694. The Balaban J connectivity index is 1.36. The second-order valence-corrected chi connectivity index (χ2v) is 11.9. The zero-order valence-corrected chi connectivity index (χ0v) is 24.1. The van der Waals surface area contributed by atoms with E-state index in [1.165, 1.54) is 13.3 Å². The van der Waals surface area contributed by atoms with Crippen molar-refractivity contribution in [2.24, 2.45) is 5.41 Å². The van der Waals surface area contributed by atoms with Gasteiger partial charge in [0.1, 0.15) is 11.3 Å². The number of methoxy groups -OCH3 is 1. The van der Waals surface area contributed by atoms with E-state index in [2.05, 4.69) is 29.2 Å². The summed E-state index contributed by atoms with van der Waals surface area (Å²) in [6.45, 7) is 1.86. The summed E-state index contributed by atoms with van der Waals surface area (Å²) in [5.41, 5.74) is 0.915. The maximum absolute atomic E-state index is 16.0. The summed E-state index contributed by atoms with van der Waals surface area (Å²) < 4.78 is 38.6. The number of ether oxygens (including phenoxy) is 1. The van der Waals surface area contributed by atoms with Gasteiger partial charge in [-0.1, -0.05) is 60.7 Å². The Hall–Kier alpha value is -4.24. The molecule has 43 heavy (non-hydrogen) atoms. The van der Waals surface area contributed by atoms with Crippen LogP contribution in [0.4, 0.5) is 14.5 Å². The molecule has 0 bridgehead atoms. The van der Waals surface area contributed by atoms with Gasteiger partial charge in [0, 0.05) is 50.4 Å². The summed E-state index contributed by atoms with van der Waals surface area (Å²) in [4.78, 5) is 29.0. The molecule has 0 radical (unpaired) electrons. The van der Waals surface area contributed by atoms with Crippen molar-refractivity contribution in [1.29, 1.82) is 0 Å². The zero-order valence-electron chi connectivity index (χ0n) is 24.1. The van der Waals surface area contributed by atoms with Crippen LogP contribution >= 0.6 is 0 Å². The Bertz CT molecular complexity index is 1650. The summed E-state index contributed by atoms with van der Waals surface area (Å²) >= 11 is 0. The van der Waals surface area contributed by atoms with Crippen molar-refractivity contribution in [1.82, 2.24) is 9.47 Å². The molecule has 1 saturated heterocycles. The number of carboxylic acid groups (broad SMARTS) is 1. The number of carboxylic acids is 1. The maximum atomic E-state index is 16.0. The highest BCUT2D eigenvalue weighted by atomic mass is 19.1. The van der Waals surface area contributed by atoms with Crippen molar-refractivity contribution < 1.29 is 23.4 Å². The maximum Gasteiger partial charge on any atom is 0.341 e. The molecule has 6 rings (SSSR count). The molecule has 7 nitrogen and oxygen atoms in total. The van der Waals surface area contributed by atoms with Crippen molar-refractivity contribution in [3.63, 3.8) is 0 Å². The quantitative estimate of drug-likeness (QED) is 0.230. The number of carbonyl (C=O) groups is 1. The van der Waals surface area contributed by atoms with E-state index < -0.39 is 34.9 Å². The molecule has 9 heteroatoms. The van der Waals surface area contributed by atoms with Crippen molar-refractivity contribution in [2.75, 3.05) is 38.3 Å². The van der Waals surface area contributed by atoms with E-state index in [0.717, 1.165) is 30.0 Å². The minimum atomic E-state index is -1.35. The highest BCUT2D eigenvalue weighted by molar-refractivity contribution is 5.97. The molecule has 1 aromatic heterocycles. The van der Waals surface area contributed by atoms with Gasteiger partial charge in [0.15, 0.2) is 11.6 Å². The normalized spacial score (nSPS) is 18.5. The van der Waals surface area contributed by atoms with Crippen molar-refractivity contribution in [2.45, 2.75) is 38.4 Å². The van der Waals surface area contributed by atoms with Gasteiger partial charge in [-0.15, -0.1) is 0 Å². The predicted molar refractivity (Wildman–Crippen MR) is 162 cm³/mol. The van der Waals surface area contributed by atoms with Crippen LogP contribution in [0.3, 0.4) is 0 Å². The first-order chi connectivity index (χ1) is 20.8. The molecule has 1 N–H and O–H groups in total. The van der Waals surface area contributed by atoms with Gasteiger partial charge in [-0.3, -0.25) is 14.1 Å². The number of nitrogens with zero attached hydrogens (tertiary/aromatic N) is 3. The lowest BCUT2D eigenvalue weighted by atomic mass is 9.87. The average molecular weight is 588 g/mol. The molecular weight excluding hydrogens is 552 g/mol. The molecule has 224 valence electrons. The van der Waals surface area contributed by atoms with Crippen molar-refractivity contribution >= 4 is 22.6 Å². The molecule has 1 aliphatic carbocycles. The number of alkyl halides is 1. The van der Waals surface area contributed by atoms with Crippen LogP contribution in [0.15, 0.2) is 77.7 Å². The number of anilines is 1. The SMILES string of the molecule is COc1c(N2CCC(CF)(CN(Cc3ccccc3)Cc3ccccc3)C2)c(F)cc2c(=O)c(C(=O)O)cn(C3CC3)c12. The number of hydrogen-bond acceptors (Lipinski definition) is 5. The summed E-state index contributed by atoms with van der Waals surface area (Å²) in [6, 6.07) is 21.3. The van der Waals surface area contributed by atoms with E-state index in [1.54, 1.807) is 4.57 Å². The molecular formula is C34H35F2N3O4. The van der Waals surface area contributed by atoms with Crippen LogP contribution in [0, 0.1) is 11.2 Å². The number of rotatable bonds is 11. The Kier molecular flexibility index (Phi) is 7.92. The second kappa shape index (κ2) is 11.8. The standard InChI is InChI=1S/C34H35F2N3O4/c1-43-32-29-26(31(40)27(33(41)42)19-39(29)25-12-13-25)16-28(36)30(32)38-15-14-34(20-35,22-38)21-37(17-23-8-4-2-5-9-23)18-24-10-6-3-7-11-24/h2-11,16,19,25H,12-15,17-18,20-22H2,1H3,(H,41,42). The van der Waals surface area contributed by atoms with Crippen LogP contribution in [0.2, 0.25) is 0 Å². The number of aromatic nitrogens is 1. The largest absolute Gasteiger partial charge is 0.492 e. The van der Waals surface area contributed by atoms with Crippen LogP contribution in [0.1, 0.15) is 46.8 Å². The van der Waals surface area contributed by atoms with Gasteiger partial charge in [-0.05, 0) is 36.5 Å². The van der Waals surface area contributed by atoms with E-state index in [-0.39, 0.29) is 29.4 Å². The Labute approximate surface area is 248 Å². The number of halogens is 2. The topological polar surface area (TPSA) is 75.0 Å². The Morgan fingerprint density at radius 2 is 1.70 bits per heavy atom. The lowest BCUT2D eigenvalue weighted by Crippen LogP contribution is -2.41. The molecule has 4 aromatic rings. The number of benzene rings is 3. The molecule has 2 heterocycles. The molecule has 0 amide bonds. The number of fused-ring (bicyclic) bond motifs is 1. The molecule has 1 aliphatic heterocycles. The van der Waals surface area contributed by atoms with E-state index in [1.807, 2.05) is 41.3 Å². The smallest absolute Gasteiger partial charge is 0.341 e. The number of hydrogen-bond donors (Lipinski definition) is 1. The fourth-order valence-electron chi connectivity index (χ4n) is 6.46. The third kappa shape index (κ3) is 5.73. The van der Waals surface area contributed by atoms with Gasteiger partial charge in [-0.2, -0.15) is 0 Å². The Morgan fingerprint density at radius 1 is 1.07 bits per heavy atom. The summed E-state index contributed by atoms with van der Waals surface area (Å²) in [5, 5.41) is 9.60. The summed E-state index contributed by atoms with van der Waals surface area (Å²) in [5.74, 6) is -1.87. The molecule has 3 aromatic carbocycles. The molecule has 1 atom stereocenters. The minimum Gasteiger partial charge on any atom is -0.492 e. The summed E-state index contributed by atoms with van der Waals surface area (Å²) in [6.07, 6.45) is 3.49. The lowest BCUT2D eigenvalue weighted by Gasteiger charge is -2.34. The first-order valence-electron chi connectivity index (χ1n) is 14.6. The van der Waals surface area contributed by atoms with Crippen LogP contribution in [0.25, 0.3) is 10.9 Å². The molecule has 2 fully saturated rings.